The molecule has 4 nitrogen and oxygen atoms in total. The van der Waals surface area contributed by atoms with E-state index in [1.807, 2.05) is 39.0 Å². The lowest BCUT2D eigenvalue weighted by molar-refractivity contribution is 0.0732. The van der Waals surface area contributed by atoms with Gasteiger partial charge in [-0.05, 0) is 55.5 Å². The smallest absolute Gasteiger partial charge is 0.345 e. The number of halogens is 1. The van der Waals surface area contributed by atoms with Gasteiger partial charge >= 0.3 is 5.97 Å². The minimum absolute atomic E-state index is 0.0751. The molecule has 0 amide bonds. The van der Waals surface area contributed by atoms with Gasteiger partial charge in [-0.25, -0.2) is 4.79 Å². The van der Waals surface area contributed by atoms with Crippen molar-refractivity contribution in [2.75, 3.05) is 6.61 Å². The normalized spacial score (nSPS) is 12.7. The van der Waals surface area contributed by atoms with Crippen LogP contribution in [0.1, 0.15) is 55.5 Å². The Morgan fingerprint density at radius 2 is 1.96 bits per heavy atom. The summed E-state index contributed by atoms with van der Waals surface area (Å²) in [4.78, 5) is 12.6. The molecule has 0 aliphatic carbocycles. The Balaban J connectivity index is 2.18. The highest BCUT2D eigenvalue weighted by Gasteiger charge is 2.19. The summed E-state index contributed by atoms with van der Waals surface area (Å²) in [5, 5.41) is 9.33. The van der Waals surface area contributed by atoms with Gasteiger partial charge in [-0.2, -0.15) is 5.26 Å². The zero-order chi connectivity index (χ0) is 19.8. The van der Waals surface area contributed by atoms with Crippen LogP contribution in [0.25, 0.3) is 0 Å². The first-order valence-electron chi connectivity index (χ1n) is 9.09. The molecule has 0 saturated heterocycles. The van der Waals surface area contributed by atoms with Crippen molar-refractivity contribution in [3.05, 3.63) is 58.6 Å². The number of nitrogens with zero attached hydrogens (tertiary/aromatic N) is 1. The van der Waals surface area contributed by atoms with Gasteiger partial charge < -0.3 is 9.47 Å². The van der Waals surface area contributed by atoms with Crippen molar-refractivity contribution in [2.45, 2.75) is 39.5 Å². The summed E-state index contributed by atoms with van der Waals surface area (Å²) in [5.74, 6) is 0.605. The molecule has 2 unspecified atom stereocenters. The number of ether oxygens (including phenoxy) is 2. The van der Waals surface area contributed by atoms with Crippen molar-refractivity contribution in [3.8, 4) is 17.6 Å². The Morgan fingerprint density at radius 1 is 1.22 bits per heavy atom. The number of carbonyl (C=O) groups is 1. The highest BCUT2D eigenvalue weighted by Crippen LogP contribution is 2.32. The maximum Gasteiger partial charge on any atom is 0.345 e. The minimum Gasteiger partial charge on any atom is -0.494 e. The lowest BCUT2D eigenvalue weighted by Crippen LogP contribution is -2.12. The van der Waals surface area contributed by atoms with Crippen molar-refractivity contribution in [1.82, 2.24) is 0 Å². The molecule has 2 aromatic rings. The molecule has 2 rings (SSSR count). The lowest BCUT2D eigenvalue weighted by atomic mass is 9.91. The van der Waals surface area contributed by atoms with Crippen LogP contribution in [-0.2, 0) is 0 Å². The summed E-state index contributed by atoms with van der Waals surface area (Å²) >= 11 is 6.24. The Hall–Kier alpha value is -2.51. The van der Waals surface area contributed by atoms with Gasteiger partial charge in [0, 0.05) is 5.92 Å². The van der Waals surface area contributed by atoms with Crippen LogP contribution >= 0.6 is 11.6 Å². The van der Waals surface area contributed by atoms with Gasteiger partial charge in [0.2, 0.25) is 0 Å². The quantitative estimate of drug-likeness (QED) is 0.413. The molecule has 0 aromatic heterocycles. The van der Waals surface area contributed by atoms with Gasteiger partial charge in [0.15, 0.2) is 0 Å². The third-order valence-corrected chi connectivity index (χ3v) is 4.53. The van der Waals surface area contributed by atoms with Crippen molar-refractivity contribution in [2.24, 2.45) is 5.92 Å². The van der Waals surface area contributed by atoms with E-state index in [1.165, 1.54) is 0 Å². The summed E-state index contributed by atoms with van der Waals surface area (Å²) in [6.07, 6.45) is 1.58. The molecule has 2 aromatic carbocycles. The SMILES string of the molecule is CCCOc1ccc(C(=O)Oc2ccccc2C(C)CC(C)C#N)c(Cl)c1. The number of para-hydroxylation sites is 1. The summed E-state index contributed by atoms with van der Waals surface area (Å²) in [6.45, 7) is 6.51. The molecule has 142 valence electrons. The summed E-state index contributed by atoms with van der Waals surface area (Å²) < 4.78 is 11.1. The molecule has 5 heteroatoms. The van der Waals surface area contributed by atoms with Crippen LogP contribution in [0, 0.1) is 17.2 Å². The number of benzene rings is 2. The summed E-state index contributed by atoms with van der Waals surface area (Å²) in [7, 11) is 0. The molecule has 0 heterocycles. The summed E-state index contributed by atoms with van der Waals surface area (Å²) in [6, 6.07) is 14.6. The Labute approximate surface area is 165 Å². The molecule has 27 heavy (non-hydrogen) atoms. The monoisotopic (exact) mass is 385 g/mol. The van der Waals surface area contributed by atoms with E-state index in [1.54, 1.807) is 24.3 Å². The molecule has 2 atom stereocenters. The molecule has 0 fully saturated rings. The minimum atomic E-state index is -0.518. The number of rotatable bonds is 8. The van der Waals surface area contributed by atoms with Crippen LogP contribution in [0.4, 0.5) is 0 Å². The second kappa shape index (κ2) is 9.99. The highest BCUT2D eigenvalue weighted by molar-refractivity contribution is 6.33. The first-order chi connectivity index (χ1) is 13.0. The maximum absolute atomic E-state index is 12.6. The second-order valence-electron chi connectivity index (χ2n) is 6.58. The predicted molar refractivity (Wildman–Crippen MR) is 106 cm³/mol. The van der Waals surface area contributed by atoms with Crippen LogP contribution in [0.2, 0.25) is 5.02 Å². The van der Waals surface area contributed by atoms with E-state index in [2.05, 4.69) is 6.07 Å². The van der Waals surface area contributed by atoms with Crippen LogP contribution < -0.4 is 9.47 Å². The first-order valence-corrected chi connectivity index (χ1v) is 9.47. The fourth-order valence-electron chi connectivity index (χ4n) is 2.82. The van der Waals surface area contributed by atoms with Gasteiger partial charge in [-0.15, -0.1) is 0 Å². The van der Waals surface area contributed by atoms with E-state index in [4.69, 9.17) is 26.3 Å². The fraction of sp³-hybridized carbons (Fsp3) is 0.364. The average molecular weight is 386 g/mol. The lowest BCUT2D eigenvalue weighted by Gasteiger charge is -2.17. The van der Waals surface area contributed by atoms with Crippen molar-refractivity contribution >= 4 is 17.6 Å². The van der Waals surface area contributed by atoms with Gasteiger partial charge in [0.1, 0.15) is 11.5 Å². The van der Waals surface area contributed by atoms with Gasteiger partial charge in [0.05, 0.1) is 23.3 Å². The highest BCUT2D eigenvalue weighted by atomic mass is 35.5. The molecular formula is C22H24ClNO3. The molecule has 0 saturated carbocycles. The number of hydrogen-bond acceptors (Lipinski definition) is 4. The first kappa shape index (κ1) is 20.8. The molecule has 0 aliphatic rings. The average Bonchev–Trinajstić information content (AvgIpc) is 2.66. The molecule has 0 radical (unpaired) electrons. The number of esters is 1. The third kappa shape index (κ3) is 5.74. The zero-order valence-corrected chi connectivity index (χ0v) is 16.6. The van der Waals surface area contributed by atoms with Crippen molar-refractivity contribution in [3.63, 3.8) is 0 Å². The van der Waals surface area contributed by atoms with Crippen LogP contribution in [0.5, 0.6) is 11.5 Å². The van der Waals surface area contributed by atoms with E-state index >= 15 is 0 Å². The number of carbonyl (C=O) groups excluding carboxylic acids is 1. The van der Waals surface area contributed by atoms with Gasteiger partial charge in [-0.1, -0.05) is 43.6 Å². The number of nitriles is 1. The van der Waals surface area contributed by atoms with Crippen molar-refractivity contribution < 1.29 is 14.3 Å². The molecule has 0 N–H and O–H groups in total. The molecule has 0 aliphatic heterocycles. The van der Waals surface area contributed by atoms with E-state index in [0.29, 0.717) is 24.5 Å². The third-order valence-electron chi connectivity index (χ3n) is 4.21. The Kier molecular flexibility index (Phi) is 7.69. The molecular weight excluding hydrogens is 362 g/mol. The zero-order valence-electron chi connectivity index (χ0n) is 15.9. The van der Waals surface area contributed by atoms with Gasteiger partial charge in [-0.3, -0.25) is 0 Å². The molecule has 0 spiro atoms. The standard InChI is InChI=1S/C22H24ClNO3/c1-4-11-26-17-9-10-19(20(23)13-17)22(25)27-21-8-6-5-7-18(21)16(3)12-15(2)14-24/h5-10,13,15-16H,4,11-12H2,1-3H3. The van der Waals surface area contributed by atoms with Gasteiger partial charge in [0.25, 0.3) is 0 Å². The van der Waals surface area contributed by atoms with Crippen molar-refractivity contribution in [1.29, 1.82) is 5.26 Å². The number of hydrogen-bond donors (Lipinski definition) is 0. The largest absolute Gasteiger partial charge is 0.494 e. The maximum atomic E-state index is 12.6. The van der Waals surface area contributed by atoms with Crippen LogP contribution in [0.15, 0.2) is 42.5 Å². The van der Waals surface area contributed by atoms with Crippen LogP contribution in [-0.4, -0.2) is 12.6 Å². The van der Waals surface area contributed by atoms with E-state index < -0.39 is 5.97 Å². The van der Waals surface area contributed by atoms with E-state index in [-0.39, 0.29) is 22.4 Å². The Bertz CT molecular complexity index is 829. The van der Waals surface area contributed by atoms with Crippen LogP contribution in [0.3, 0.4) is 0 Å². The predicted octanol–water partition coefficient (Wildman–Crippen LogP) is 6.00. The topological polar surface area (TPSA) is 59.3 Å². The second-order valence-corrected chi connectivity index (χ2v) is 6.99. The fourth-order valence-corrected chi connectivity index (χ4v) is 3.06. The van der Waals surface area contributed by atoms with E-state index in [0.717, 1.165) is 12.0 Å². The molecule has 0 bridgehead atoms. The summed E-state index contributed by atoms with van der Waals surface area (Å²) in [5.41, 5.74) is 1.18. The Morgan fingerprint density at radius 3 is 2.63 bits per heavy atom. The van der Waals surface area contributed by atoms with E-state index in [9.17, 15) is 4.79 Å².